The Morgan fingerprint density at radius 2 is 1.62 bits per heavy atom. The molecule has 0 spiro atoms. The molecule has 3 fully saturated rings. The van der Waals surface area contributed by atoms with Crippen molar-refractivity contribution in [2.75, 3.05) is 13.7 Å². The highest BCUT2D eigenvalue weighted by Crippen LogP contribution is 2.51. The van der Waals surface area contributed by atoms with Crippen molar-refractivity contribution < 1.29 is 28.5 Å². The van der Waals surface area contributed by atoms with Crippen LogP contribution in [0.15, 0.2) is 0 Å². The van der Waals surface area contributed by atoms with Crippen LogP contribution in [0.1, 0.15) is 113 Å². The van der Waals surface area contributed by atoms with Crippen LogP contribution in [0.25, 0.3) is 0 Å². The first-order valence-electron chi connectivity index (χ1n) is 14.8. The predicted molar refractivity (Wildman–Crippen MR) is 145 cm³/mol. The van der Waals surface area contributed by atoms with Gasteiger partial charge in [-0.2, -0.15) is 0 Å². The maximum absolute atomic E-state index is 13.4. The molecule has 3 aliphatic carbocycles. The van der Waals surface area contributed by atoms with E-state index >= 15 is 0 Å². The average molecular weight is 523 g/mol. The number of carbonyl (C=O) groups is 2. The van der Waals surface area contributed by atoms with E-state index in [0.717, 1.165) is 25.7 Å². The molecule has 3 saturated carbocycles. The standard InChI is InChI=1S/C31H54O6/c1-20(34-8)14-27(35-19-21-12-10-9-11-13-21)37-28(32)24-16-22-15-23(24)26(17-22)36-29(33)25(31(5,6)7)18-30(2,3)4/h20-27H,9-19H2,1-8H3. The van der Waals surface area contributed by atoms with Gasteiger partial charge in [0.25, 0.3) is 0 Å². The molecule has 7 unspecified atom stereocenters. The van der Waals surface area contributed by atoms with Crippen molar-refractivity contribution in [1.82, 2.24) is 0 Å². The normalized spacial score (nSPS) is 29.1. The Bertz CT molecular complexity index is 744. The first-order chi connectivity index (χ1) is 17.3. The minimum Gasteiger partial charge on any atom is -0.462 e. The number of fused-ring (bicyclic) bond motifs is 2. The highest BCUT2D eigenvalue weighted by atomic mass is 16.7. The van der Waals surface area contributed by atoms with E-state index < -0.39 is 6.29 Å². The van der Waals surface area contributed by atoms with Gasteiger partial charge in [0.1, 0.15) is 6.10 Å². The van der Waals surface area contributed by atoms with Crippen molar-refractivity contribution in [3.8, 4) is 0 Å². The number of esters is 2. The molecule has 3 aliphatic rings. The van der Waals surface area contributed by atoms with Crippen LogP contribution in [-0.4, -0.2) is 44.2 Å². The van der Waals surface area contributed by atoms with Gasteiger partial charge in [-0.05, 0) is 68.1 Å². The van der Waals surface area contributed by atoms with Gasteiger partial charge in [0, 0.05) is 19.4 Å². The van der Waals surface area contributed by atoms with E-state index in [-0.39, 0.29) is 52.7 Å². The second-order valence-electron chi connectivity index (χ2n) is 14.5. The number of methoxy groups -OCH3 is 1. The van der Waals surface area contributed by atoms with Gasteiger partial charge in [0.15, 0.2) is 0 Å². The zero-order valence-corrected chi connectivity index (χ0v) is 24.8. The summed E-state index contributed by atoms with van der Waals surface area (Å²) in [6.07, 6.45) is 9.23. The van der Waals surface area contributed by atoms with E-state index in [1.165, 1.54) is 32.1 Å². The highest BCUT2D eigenvalue weighted by Gasteiger charge is 2.52. The smallest absolute Gasteiger partial charge is 0.311 e. The van der Waals surface area contributed by atoms with Crippen LogP contribution in [0.4, 0.5) is 0 Å². The molecule has 0 aromatic carbocycles. The van der Waals surface area contributed by atoms with Crippen LogP contribution in [-0.2, 0) is 28.5 Å². The monoisotopic (exact) mass is 522 g/mol. The molecule has 7 atom stereocenters. The predicted octanol–water partition coefficient (Wildman–Crippen LogP) is 6.93. The van der Waals surface area contributed by atoms with Crippen LogP contribution in [0, 0.1) is 40.4 Å². The maximum Gasteiger partial charge on any atom is 0.311 e. The minimum absolute atomic E-state index is 0.0317. The van der Waals surface area contributed by atoms with Gasteiger partial charge >= 0.3 is 11.9 Å². The summed E-state index contributed by atoms with van der Waals surface area (Å²) in [7, 11) is 1.67. The summed E-state index contributed by atoms with van der Waals surface area (Å²) in [6, 6.07) is 0. The Kier molecular flexibility index (Phi) is 10.5. The lowest BCUT2D eigenvalue weighted by Gasteiger charge is -2.36. The van der Waals surface area contributed by atoms with E-state index in [4.69, 9.17) is 18.9 Å². The van der Waals surface area contributed by atoms with Gasteiger partial charge in [0.05, 0.1) is 24.5 Å². The van der Waals surface area contributed by atoms with Crippen molar-refractivity contribution >= 4 is 11.9 Å². The Hall–Kier alpha value is -1.14. The molecule has 0 N–H and O–H groups in total. The van der Waals surface area contributed by atoms with Crippen LogP contribution in [0.2, 0.25) is 0 Å². The van der Waals surface area contributed by atoms with Gasteiger partial charge in [0.2, 0.25) is 6.29 Å². The number of carbonyl (C=O) groups excluding carboxylic acids is 2. The van der Waals surface area contributed by atoms with Crippen LogP contribution in [0.5, 0.6) is 0 Å². The second kappa shape index (κ2) is 12.8. The van der Waals surface area contributed by atoms with Crippen molar-refractivity contribution in [1.29, 1.82) is 0 Å². The summed E-state index contributed by atoms with van der Waals surface area (Å²) in [5.41, 5.74) is -0.148. The Balaban J connectivity index is 1.60. The third-order valence-electron chi connectivity index (χ3n) is 8.89. The Morgan fingerprint density at radius 3 is 2.19 bits per heavy atom. The molecule has 6 heteroatoms. The highest BCUT2D eigenvalue weighted by molar-refractivity contribution is 5.75. The first kappa shape index (κ1) is 30.4. The molecule has 0 aromatic rings. The largest absolute Gasteiger partial charge is 0.462 e. The van der Waals surface area contributed by atoms with E-state index in [9.17, 15) is 9.59 Å². The Morgan fingerprint density at radius 1 is 0.946 bits per heavy atom. The number of hydrogen-bond acceptors (Lipinski definition) is 6. The lowest BCUT2D eigenvalue weighted by Crippen LogP contribution is -2.40. The van der Waals surface area contributed by atoms with Gasteiger partial charge < -0.3 is 18.9 Å². The van der Waals surface area contributed by atoms with Crippen LogP contribution < -0.4 is 0 Å². The summed E-state index contributed by atoms with van der Waals surface area (Å²) in [6.45, 7) is 15.4. The topological polar surface area (TPSA) is 71.1 Å². The molecule has 37 heavy (non-hydrogen) atoms. The fourth-order valence-electron chi connectivity index (χ4n) is 6.61. The summed E-state index contributed by atoms with van der Waals surface area (Å²) in [5.74, 6) is 0.270. The van der Waals surface area contributed by atoms with Gasteiger partial charge in [-0.3, -0.25) is 9.59 Å². The number of rotatable bonds is 11. The lowest BCUT2D eigenvalue weighted by atomic mass is 9.72. The van der Waals surface area contributed by atoms with Gasteiger partial charge in [-0.1, -0.05) is 60.8 Å². The third kappa shape index (κ3) is 8.95. The number of ether oxygens (including phenoxy) is 4. The molecular formula is C31H54O6. The zero-order valence-electron chi connectivity index (χ0n) is 24.8. The minimum atomic E-state index is -0.596. The average Bonchev–Trinajstić information content (AvgIpc) is 3.41. The van der Waals surface area contributed by atoms with Crippen molar-refractivity contribution in [2.45, 2.75) is 131 Å². The molecule has 0 heterocycles. The molecule has 3 rings (SSSR count). The van der Waals surface area contributed by atoms with E-state index in [0.29, 0.717) is 24.9 Å². The molecule has 214 valence electrons. The van der Waals surface area contributed by atoms with E-state index in [1.54, 1.807) is 7.11 Å². The van der Waals surface area contributed by atoms with Gasteiger partial charge in [-0.15, -0.1) is 0 Å². The van der Waals surface area contributed by atoms with Crippen molar-refractivity contribution in [2.24, 2.45) is 40.4 Å². The fourth-order valence-corrected chi connectivity index (χ4v) is 6.61. The molecule has 0 radical (unpaired) electrons. The third-order valence-corrected chi connectivity index (χ3v) is 8.89. The summed E-state index contributed by atoms with van der Waals surface area (Å²) >= 11 is 0. The molecular weight excluding hydrogens is 468 g/mol. The molecule has 0 saturated heterocycles. The van der Waals surface area contributed by atoms with Gasteiger partial charge in [-0.25, -0.2) is 0 Å². The summed E-state index contributed by atoms with van der Waals surface area (Å²) < 4.78 is 23.8. The first-order valence-corrected chi connectivity index (χ1v) is 14.8. The van der Waals surface area contributed by atoms with E-state index in [2.05, 4.69) is 41.5 Å². The van der Waals surface area contributed by atoms with Crippen LogP contribution in [0.3, 0.4) is 0 Å². The maximum atomic E-state index is 13.4. The zero-order chi connectivity index (χ0) is 27.4. The van der Waals surface area contributed by atoms with Crippen LogP contribution >= 0.6 is 0 Å². The quantitative estimate of drug-likeness (QED) is 0.216. The molecule has 0 aromatic heterocycles. The summed E-state index contributed by atoms with van der Waals surface area (Å²) in [4.78, 5) is 26.8. The molecule has 0 aliphatic heterocycles. The molecule has 2 bridgehead atoms. The SMILES string of the molecule is COC(C)CC(OCC1CCCCC1)OC(=O)C1CC2CC(OC(=O)C(CC(C)(C)C)C(C)(C)C)C1C2. The Labute approximate surface area is 225 Å². The fraction of sp³-hybridized carbons (Fsp3) is 0.935. The lowest BCUT2D eigenvalue weighted by molar-refractivity contribution is -0.197. The van der Waals surface area contributed by atoms with Crippen molar-refractivity contribution in [3.05, 3.63) is 0 Å². The van der Waals surface area contributed by atoms with E-state index in [1.807, 2.05) is 6.92 Å². The number of hydrogen-bond donors (Lipinski definition) is 0. The van der Waals surface area contributed by atoms with Crippen molar-refractivity contribution in [3.63, 3.8) is 0 Å². The molecule has 6 nitrogen and oxygen atoms in total. The second-order valence-corrected chi connectivity index (χ2v) is 14.5. The molecule has 0 amide bonds. The summed E-state index contributed by atoms with van der Waals surface area (Å²) in [5, 5.41) is 0.